The van der Waals surface area contributed by atoms with Gasteiger partial charge in [0.15, 0.2) is 5.96 Å². The monoisotopic (exact) mass is 552 g/mol. The van der Waals surface area contributed by atoms with Gasteiger partial charge in [-0.25, -0.2) is 0 Å². The van der Waals surface area contributed by atoms with Crippen molar-refractivity contribution in [2.75, 3.05) is 33.3 Å². The molecule has 0 saturated heterocycles. The van der Waals surface area contributed by atoms with E-state index in [9.17, 15) is 9.90 Å². The molecule has 1 amide bonds. The van der Waals surface area contributed by atoms with E-state index >= 15 is 0 Å². The molecule has 0 saturated carbocycles. The molecule has 0 radical (unpaired) electrons. The number of benzene rings is 1. The summed E-state index contributed by atoms with van der Waals surface area (Å²) in [7, 11) is 1.56. The Morgan fingerprint density at radius 3 is 2.66 bits per heavy atom. The second-order valence-electron chi connectivity index (χ2n) is 5.79. The maximum absolute atomic E-state index is 12.2. The molecule has 1 atom stereocenters. The summed E-state index contributed by atoms with van der Waals surface area (Å²) in [5.74, 6) is 1.03. The highest BCUT2D eigenvalue weighted by atomic mass is 127. The lowest BCUT2D eigenvalue weighted by Crippen LogP contribution is -2.41. The molecule has 1 aromatic heterocycles. The lowest BCUT2D eigenvalue weighted by molar-refractivity contribution is 0.0954. The number of aliphatic imine (C=N–C) groups is 1. The molecule has 29 heavy (non-hydrogen) atoms. The number of carbonyl (C=O) groups is 1. The van der Waals surface area contributed by atoms with Crippen LogP contribution in [0, 0.1) is 0 Å². The second-order valence-corrected chi connectivity index (χ2v) is 7.54. The second kappa shape index (κ2) is 13.6. The van der Waals surface area contributed by atoms with E-state index in [2.05, 4.69) is 20.9 Å². The quantitative estimate of drug-likeness (QED) is 0.166. The van der Waals surface area contributed by atoms with Crippen molar-refractivity contribution in [2.45, 2.75) is 13.0 Å². The van der Waals surface area contributed by atoms with E-state index in [1.807, 2.05) is 6.92 Å². The fourth-order valence-corrected chi connectivity index (χ4v) is 3.38. The van der Waals surface area contributed by atoms with E-state index in [4.69, 9.17) is 16.3 Å². The van der Waals surface area contributed by atoms with Gasteiger partial charge in [-0.1, -0.05) is 17.7 Å². The third-order valence-corrected chi connectivity index (χ3v) is 5.06. The highest BCUT2D eigenvalue weighted by molar-refractivity contribution is 14.0. The maximum atomic E-state index is 12.2. The van der Waals surface area contributed by atoms with Crippen LogP contribution in [-0.4, -0.2) is 50.3 Å². The molecule has 0 aliphatic rings. The van der Waals surface area contributed by atoms with Crippen molar-refractivity contribution in [3.8, 4) is 5.75 Å². The first-order valence-corrected chi connectivity index (χ1v) is 10.1. The average Bonchev–Trinajstić information content (AvgIpc) is 3.15. The highest BCUT2D eigenvalue weighted by Gasteiger charge is 2.10. The van der Waals surface area contributed by atoms with Gasteiger partial charge in [0, 0.05) is 30.1 Å². The van der Waals surface area contributed by atoms with Crippen LogP contribution in [0.25, 0.3) is 0 Å². The molecule has 0 spiro atoms. The molecule has 0 aliphatic heterocycles. The summed E-state index contributed by atoms with van der Waals surface area (Å²) in [6.07, 6.45) is -0.708. The molecule has 160 valence electrons. The fourth-order valence-electron chi connectivity index (χ4n) is 2.34. The number of ether oxygens (including phenoxy) is 1. The number of halogens is 2. The van der Waals surface area contributed by atoms with Crippen molar-refractivity contribution >= 4 is 58.8 Å². The van der Waals surface area contributed by atoms with Crippen LogP contribution in [0.5, 0.6) is 5.75 Å². The molecule has 1 heterocycles. The number of thiophene rings is 1. The largest absolute Gasteiger partial charge is 0.497 e. The number of hydrogen-bond acceptors (Lipinski definition) is 5. The van der Waals surface area contributed by atoms with Crippen molar-refractivity contribution in [3.63, 3.8) is 0 Å². The van der Waals surface area contributed by atoms with Crippen molar-refractivity contribution in [1.29, 1.82) is 0 Å². The zero-order valence-electron chi connectivity index (χ0n) is 16.3. The van der Waals surface area contributed by atoms with Gasteiger partial charge in [0.1, 0.15) is 11.9 Å². The van der Waals surface area contributed by atoms with Gasteiger partial charge in [-0.3, -0.25) is 9.79 Å². The lowest BCUT2D eigenvalue weighted by atomic mass is 10.2. The molecule has 1 aromatic carbocycles. The van der Waals surface area contributed by atoms with E-state index < -0.39 is 6.10 Å². The number of amides is 1. The topological polar surface area (TPSA) is 95.0 Å². The van der Waals surface area contributed by atoms with Gasteiger partial charge in [0.25, 0.3) is 5.91 Å². The van der Waals surface area contributed by atoms with E-state index in [0.717, 1.165) is 4.88 Å². The van der Waals surface area contributed by atoms with Gasteiger partial charge in [-0.05, 0) is 37.3 Å². The highest BCUT2D eigenvalue weighted by Crippen LogP contribution is 2.26. The van der Waals surface area contributed by atoms with E-state index in [-0.39, 0.29) is 36.4 Å². The van der Waals surface area contributed by atoms with E-state index in [1.165, 1.54) is 11.3 Å². The van der Waals surface area contributed by atoms with Gasteiger partial charge in [0.05, 0.1) is 18.0 Å². The third kappa shape index (κ3) is 8.77. The third-order valence-electron chi connectivity index (χ3n) is 3.72. The normalized spacial score (nSPS) is 11.9. The number of guanidine groups is 1. The minimum absolute atomic E-state index is 0. The van der Waals surface area contributed by atoms with Crippen LogP contribution < -0.4 is 20.7 Å². The average molecular weight is 553 g/mol. The zero-order chi connectivity index (χ0) is 20.4. The van der Waals surface area contributed by atoms with Crippen LogP contribution in [0.3, 0.4) is 0 Å². The molecule has 2 rings (SSSR count). The fraction of sp³-hybridized carbons (Fsp3) is 0.368. The lowest BCUT2D eigenvalue weighted by Gasteiger charge is -2.13. The van der Waals surface area contributed by atoms with Crippen LogP contribution in [0.1, 0.15) is 28.3 Å². The summed E-state index contributed by atoms with van der Waals surface area (Å²) in [5.41, 5.74) is 0.539. The number of aliphatic hydroxyl groups is 1. The molecule has 10 heteroatoms. The van der Waals surface area contributed by atoms with Gasteiger partial charge in [-0.2, -0.15) is 0 Å². The van der Waals surface area contributed by atoms with E-state index in [0.29, 0.717) is 41.2 Å². The Morgan fingerprint density at radius 1 is 1.24 bits per heavy atom. The minimum atomic E-state index is -0.708. The number of rotatable bonds is 9. The summed E-state index contributed by atoms with van der Waals surface area (Å²) < 4.78 is 5.76. The summed E-state index contributed by atoms with van der Waals surface area (Å²) in [5, 5.41) is 19.3. The van der Waals surface area contributed by atoms with Crippen LogP contribution in [-0.2, 0) is 0 Å². The van der Waals surface area contributed by atoms with Crippen LogP contribution >= 0.6 is 46.9 Å². The smallest absolute Gasteiger partial charge is 0.251 e. The zero-order valence-corrected chi connectivity index (χ0v) is 20.2. The first-order chi connectivity index (χ1) is 13.5. The Balaban J connectivity index is 0.00000420. The van der Waals surface area contributed by atoms with E-state index in [1.54, 1.807) is 43.5 Å². The van der Waals surface area contributed by atoms with Crippen LogP contribution in [0.2, 0.25) is 4.34 Å². The Kier molecular flexibility index (Phi) is 12.0. The summed E-state index contributed by atoms with van der Waals surface area (Å²) >= 11 is 7.23. The molecule has 2 aromatic rings. The molecule has 0 fully saturated rings. The summed E-state index contributed by atoms with van der Waals surface area (Å²) in [6.45, 7) is 3.76. The van der Waals surface area contributed by atoms with Gasteiger partial charge < -0.3 is 25.8 Å². The molecule has 0 aliphatic carbocycles. The molecule has 1 unspecified atom stereocenters. The van der Waals surface area contributed by atoms with Crippen LogP contribution in [0.4, 0.5) is 0 Å². The minimum Gasteiger partial charge on any atom is -0.497 e. The first-order valence-electron chi connectivity index (χ1n) is 8.91. The molecule has 4 N–H and O–H groups in total. The summed E-state index contributed by atoms with van der Waals surface area (Å²) in [6, 6.07) is 10.5. The van der Waals surface area contributed by atoms with Crippen molar-refractivity contribution in [3.05, 3.63) is 51.2 Å². The van der Waals surface area contributed by atoms with Gasteiger partial charge >= 0.3 is 0 Å². The van der Waals surface area contributed by atoms with Crippen molar-refractivity contribution in [1.82, 2.24) is 16.0 Å². The number of methoxy groups -OCH3 is 1. The Morgan fingerprint density at radius 2 is 2.00 bits per heavy atom. The number of carbonyl (C=O) groups excluding carboxylic acids is 1. The Labute approximate surface area is 196 Å². The predicted octanol–water partition coefficient (Wildman–Crippen LogP) is 3.05. The maximum Gasteiger partial charge on any atom is 0.251 e. The van der Waals surface area contributed by atoms with Crippen molar-refractivity contribution < 1.29 is 14.6 Å². The first kappa shape index (κ1) is 25.5. The molecular formula is C19H26ClIN4O3S. The van der Waals surface area contributed by atoms with Crippen LogP contribution in [0.15, 0.2) is 41.4 Å². The number of nitrogens with zero attached hydrogens (tertiary/aromatic N) is 1. The summed E-state index contributed by atoms with van der Waals surface area (Å²) in [4.78, 5) is 17.3. The number of nitrogens with one attached hydrogen (secondary N) is 3. The van der Waals surface area contributed by atoms with Gasteiger partial charge in [0.2, 0.25) is 0 Å². The number of hydrogen-bond donors (Lipinski definition) is 4. The number of aliphatic hydroxyl groups excluding tert-OH is 1. The molecule has 0 bridgehead atoms. The Hall–Kier alpha value is -1.56. The SMILES string of the molecule is CCNC(=NCC(O)c1ccc(Cl)s1)NCCNC(=O)c1cccc(OC)c1.I. The van der Waals surface area contributed by atoms with Gasteiger partial charge in [-0.15, -0.1) is 35.3 Å². The van der Waals surface area contributed by atoms with Crippen molar-refractivity contribution in [2.24, 2.45) is 4.99 Å². The standard InChI is InChI=1S/C19H25ClN4O3S.HI/c1-3-21-19(24-12-15(25)16-7-8-17(20)28-16)23-10-9-22-18(26)13-5-4-6-14(11-13)27-2;/h4-8,11,15,25H,3,9-10,12H2,1-2H3,(H,22,26)(H2,21,23,24);1H. The predicted molar refractivity (Wildman–Crippen MR) is 129 cm³/mol. The molecule has 7 nitrogen and oxygen atoms in total. The Bertz CT molecular complexity index is 803. The molecular weight excluding hydrogens is 527 g/mol.